The normalized spacial score (nSPS) is 10.7. The van der Waals surface area contributed by atoms with Crippen molar-refractivity contribution < 1.29 is 19.7 Å². The van der Waals surface area contributed by atoms with E-state index in [4.69, 9.17) is 0 Å². The number of hydrogen-bond donors (Lipinski definition) is 0. The van der Waals surface area contributed by atoms with E-state index in [1.54, 1.807) is 0 Å². The summed E-state index contributed by atoms with van der Waals surface area (Å²) in [4.78, 5) is 41.0. The second kappa shape index (κ2) is 6.10. The van der Waals surface area contributed by atoms with Crippen LogP contribution in [0, 0.1) is 40.5 Å². The van der Waals surface area contributed by atoms with E-state index in [1.807, 2.05) is 0 Å². The Kier molecular flexibility index (Phi) is 3.92. The molecule has 0 unspecified atom stereocenters. The second-order valence-corrected chi connectivity index (χ2v) is 5.16. The van der Waals surface area contributed by atoms with Gasteiger partial charge >= 0.3 is 5.69 Å². The summed E-state index contributed by atoms with van der Waals surface area (Å²) >= 11 is 0. The van der Waals surface area contributed by atoms with Crippen molar-refractivity contribution in [1.82, 2.24) is 9.78 Å². The smallest absolute Gasteiger partial charge is 0.258 e. The van der Waals surface area contributed by atoms with E-state index in [9.17, 15) is 40.5 Å². The van der Waals surface area contributed by atoms with Crippen LogP contribution in [0.2, 0.25) is 0 Å². The van der Waals surface area contributed by atoms with E-state index >= 15 is 0 Å². The number of nitrogens with zero attached hydrogens (tertiary/aromatic N) is 6. The average molecular weight is 374 g/mol. The van der Waals surface area contributed by atoms with Crippen molar-refractivity contribution in [2.24, 2.45) is 0 Å². The molecule has 0 radical (unpaired) electrons. The molecule has 136 valence electrons. The van der Waals surface area contributed by atoms with Gasteiger partial charge in [-0.2, -0.15) is 5.10 Å². The maximum Gasteiger partial charge on any atom is 0.301 e. The lowest BCUT2D eigenvalue weighted by Crippen LogP contribution is -2.03. The molecule has 0 N–H and O–H groups in total. The summed E-state index contributed by atoms with van der Waals surface area (Å²) in [6.45, 7) is 0. The third-order valence-electron chi connectivity index (χ3n) is 3.65. The van der Waals surface area contributed by atoms with Crippen LogP contribution in [0.25, 0.3) is 16.6 Å². The van der Waals surface area contributed by atoms with Gasteiger partial charge in [-0.05, 0) is 6.07 Å². The van der Waals surface area contributed by atoms with Crippen molar-refractivity contribution in [1.29, 1.82) is 0 Å². The number of hydrogen-bond acceptors (Lipinski definition) is 9. The number of non-ortho nitro benzene ring substituents is 3. The number of rotatable bonds is 5. The summed E-state index contributed by atoms with van der Waals surface area (Å²) in [6.07, 6.45) is 1.03. The minimum absolute atomic E-state index is 0.0850. The zero-order chi connectivity index (χ0) is 19.9. The lowest BCUT2D eigenvalue weighted by Gasteiger charge is -2.05. The molecule has 3 rings (SSSR count). The largest absolute Gasteiger partial charge is 0.301 e. The van der Waals surface area contributed by atoms with Crippen LogP contribution in [-0.2, 0) is 0 Å². The van der Waals surface area contributed by atoms with Crippen molar-refractivity contribution in [3.63, 3.8) is 0 Å². The first-order chi connectivity index (χ1) is 12.7. The highest BCUT2D eigenvalue weighted by Crippen LogP contribution is 2.35. The van der Waals surface area contributed by atoms with E-state index in [0.29, 0.717) is 6.07 Å². The van der Waals surface area contributed by atoms with Crippen LogP contribution in [-0.4, -0.2) is 29.5 Å². The first-order valence-corrected chi connectivity index (χ1v) is 6.94. The van der Waals surface area contributed by atoms with Gasteiger partial charge in [0.1, 0.15) is 5.69 Å². The summed E-state index contributed by atoms with van der Waals surface area (Å²) in [5.41, 5.74) is -2.82. The van der Waals surface area contributed by atoms with E-state index in [1.165, 1.54) is 0 Å². The van der Waals surface area contributed by atoms with E-state index in [0.717, 1.165) is 35.1 Å². The molecular weight excluding hydrogens is 368 g/mol. The molecule has 0 spiro atoms. The maximum atomic E-state index is 11.3. The Morgan fingerprint density at radius 1 is 0.741 bits per heavy atom. The minimum Gasteiger partial charge on any atom is -0.258 e. The van der Waals surface area contributed by atoms with Crippen molar-refractivity contribution in [2.45, 2.75) is 0 Å². The molecule has 2 aromatic carbocycles. The van der Waals surface area contributed by atoms with E-state index in [-0.39, 0.29) is 16.6 Å². The van der Waals surface area contributed by atoms with Gasteiger partial charge in [-0.3, -0.25) is 40.5 Å². The van der Waals surface area contributed by atoms with Crippen LogP contribution in [0.5, 0.6) is 0 Å². The molecule has 14 heteroatoms. The summed E-state index contributed by atoms with van der Waals surface area (Å²) in [6, 6.07) is 4.45. The van der Waals surface area contributed by atoms with E-state index in [2.05, 4.69) is 5.10 Å². The quantitative estimate of drug-likeness (QED) is 0.477. The Labute approximate surface area is 146 Å². The zero-order valence-corrected chi connectivity index (χ0v) is 12.9. The number of nitro groups is 4. The van der Waals surface area contributed by atoms with Gasteiger partial charge in [0.15, 0.2) is 0 Å². The van der Waals surface area contributed by atoms with Crippen LogP contribution < -0.4 is 0 Å². The highest BCUT2D eigenvalue weighted by atomic mass is 16.6. The van der Waals surface area contributed by atoms with Gasteiger partial charge in [-0.15, -0.1) is 0 Å². The number of benzene rings is 2. The fraction of sp³-hybridized carbons (Fsp3) is 0. The van der Waals surface area contributed by atoms with Gasteiger partial charge in [0, 0.05) is 12.1 Å². The lowest BCUT2D eigenvalue weighted by atomic mass is 10.2. The zero-order valence-electron chi connectivity index (χ0n) is 12.9. The number of aromatic nitrogens is 2. The van der Waals surface area contributed by atoms with Gasteiger partial charge < -0.3 is 0 Å². The summed E-state index contributed by atoms with van der Waals surface area (Å²) in [7, 11) is 0. The summed E-state index contributed by atoms with van der Waals surface area (Å²) < 4.78 is 0.886. The van der Waals surface area contributed by atoms with Crippen LogP contribution in [0.1, 0.15) is 0 Å². The molecule has 0 atom stereocenters. The Morgan fingerprint density at radius 3 is 1.89 bits per heavy atom. The van der Waals surface area contributed by atoms with Crippen LogP contribution in [0.15, 0.2) is 36.5 Å². The molecule has 1 heterocycles. The van der Waals surface area contributed by atoms with Gasteiger partial charge in [-0.25, -0.2) is 4.68 Å². The fourth-order valence-corrected chi connectivity index (χ4v) is 2.49. The minimum atomic E-state index is -0.887. The first-order valence-electron chi connectivity index (χ1n) is 6.94. The Bertz CT molecular complexity index is 1150. The van der Waals surface area contributed by atoms with Gasteiger partial charge in [0.05, 0.1) is 48.9 Å². The standard InChI is InChI=1S/C13H6N6O8/c20-16(21)7-1-2-10(13(3-7)19(26)27)15-11-4-8(17(22)23)5-12(18(24)25)9(11)6-14-15/h1-6H. The summed E-state index contributed by atoms with van der Waals surface area (Å²) in [5, 5.41) is 48.1. The molecule has 0 aliphatic carbocycles. The van der Waals surface area contributed by atoms with Crippen molar-refractivity contribution in [3.8, 4) is 5.69 Å². The monoisotopic (exact) mass is 374 g/mol. The molecule has 0 saturated heterocycles. The predicted molar refractivity (Wildman–Crippen MR) is 87.7 cm³/mol. The molecule has 0 bridgehead atoms. The Hall–Kier alpha value is -4.49. The Morgan fingerprint density at radius 2 is 1.33 bits per heavy atom. The maximum absolute atomic E-state index is 11.3. The molecule has 14 nitrogen and oxygen atoms in total. The van der Waals surface area contributed by atoms with Gasteiger partial charge in [-0.1, -0.05) is 0 Å². The Balaban J connectivity index is 2.36. The van der Waals surface area contributed by atoms with Crippen LogP contribution in [0.3, 0.4) is 0 Å². The van der Waals surface area contributed by atoms with Crippen molar-refractivity contribution >= 4 is 33.7 Å². The molecule has 3 aromatic rings. The molecular formula is C13H6N6O8. The predicted octanol–water partition coefficient (Wildman–Crippen LogP) is 2.66. The van der Waals surface area contributed by atoms with Crippen LogP contribution in [0.4, 0.5) is 22.7 Å². The molecule has 0 saturated carbocycles. The third kappa shape index (κ3) is 2.86. The fourth-order valence-electron chi connectivity index (χ4n) is 2.49. The van der Waals surface area contributed by atoms with Crippen molar-refractivity contribution in [3.05, 3.63) is 77.0 Å². The third-order valence-corrected chi connectivity index (χ3v) is 3.65. The number of fused-ring (bicyclic) bond motifs is 1. The molecule has 0 fully saturated rings. The summed E-state index contributed by atoms with van der Waals surface area (Å²) in [5.74, 6) is 0. The molecule has 0 aliphatic rings. The molecule has 0 aliphatic heterocycles. The van der Waals surface area contributed by atoms with Gasteiger partial charge in [0.25, 0.3) is 17.1 Å². The second-order valence-electron chi connectivity index (χ2n) is 5.16. The number of nitro benzene ring substituents is 4. The van der Waals surface area contributed by atoms with Gasteiger partial charge in [0.2, 0.25) is 0 Å². The average Bonchev–Trinajstić information content (AvgIpc) is 3.03. The molecule has 1 aromatic heterocycles. The lowest BCUT2D eigenvalue weighted by molar-refractivity contribution is -0.394. The topological polar surface area (TPSA) is 190 Å². The highest BCUT2D eigenvalue weighted by molar-refractivity contribution is 5.91. The molecule has 0 amide bonds. The van der Waals surface area contributed by atoms with Crippen molar-refractivity contribution in [2.75, 3.05) is 0 Å². The highest BCUT2D eigenvalue weighted by Gasteiger charge is 2.26. The van der Waals surface area contributed by atoms with Crippen LogP contribution >= 0.6 is 0 Å². The molecule has 27 heavy (non-hydrogen) atoms. The SMILES string of the molecule is O=[N+]([O-])c1ccc(-n2ncc3c([N+](=O)[O-])cc([N+](=O)[O-])cc32)c([N+](=O)[O-])c1. The van der Waals surface area contributed by atoms with E-state index < -0.39 is 42.4 Å². The first kappa shape index (κ1) is 17.3.